The summed E-state index contributed by atoms with van der Waals surface area (Å²) in [5.74, 6) is 0.246. The molecule has 118 valence electrons. The van der Waals surface area contributed by atoms with Crippen molar-refractivity contribution in [2.45, 2.75) is 37.8 Å². The van der Waals surface area contributed by atoms with Crippen LogP contribution in [0.1, 0.15) is 32.1 Å². The lowest BCUT2D eigenvalue weighted by Gasteiger charge is -2.45. The van der Waals surface area contributed by atoms with E-state index in [0.717, 1.165) is 32.1 Å². The zero-order valence-electron chi connectivity index (χ0n) is 11.9. The fourth-order valence-electron chi connectivity index (χ4n) is 3.19. The maximum absolute atomic E-state index is 10.3. The third kappa shape index (κ3) is 2.46. The average Bonchev–Trinajstić information content (AvgIpc) is 2.44. The lowest BCUT2D eigenvalue weighted by Crippen LogP contribution is -2.58. The Balaban J connectivity index is 2.16. The van der Waals surface area contributed by atoms with E-state index in [4.69, 9.17) is 34.7 Å². The molecule has 1 saturated carbocycles. The van der Waals surface area contributed by atoms with Crippen LogP contribution in [0.3, 0.4) is 0 Å². The molecule has 5 N–H and O–H groups in total. The lowest BCUT2D eigenvalue weighted by atomic mass is 9.87. The number of aromatic hydroxyl groups is 1. The van der Waals surface area contributed by atoms with Gasteiger partial charge in [-0.2, -0.15) is 4.99 Å². The molecular formula is C14H17Cl2N5O. The number of hydrogen-bond acceptors (Lipinski definition) is 6. The minimum Gasteiger partial charge on any atom is -0.504 e. The van der Waals surface area contributed by atoms with Crippen LogP contribution in [0.15, 0.2) is 22.1 Å². The van der Waals surface area contributed by atoms with Gasteiger partial charge in [-0.3, -0.25) is 4.90 Å². The fourth-order valence-corrected chi connectivity index (χ4v) is 3.68. The minimum atomic E-state index is -0.639. The van der Waals surface area contributed by atoms with Crippen molar-refractivity contribution in [1.29, 1.82) is 0 Å². The Morgan fingerprint density at radius 2 is 1.82 bits per heavy atom. The van der Waals surface area contributed by atoms with Crippen molar-refractivity contribution in [3.63, 3.8) is 0 Å². The monoisotopic (exact) mass is 341 g/mol. The summed E-state index contributed by atoms with van der Waals surface area (Å²) in [5, 5.41) is 10.9. The molecule has 0 bridgehead atoms. The number of rotatable bonds is 1. The van der Waals surface area contributed by atoms with Crippen molar-refractivity contribution >= 4 is 40.8 Å². The van der Waals surface area contributed by atoms with Crippen LogP contribution in [0.5, 0.6) is 5.75 Å². The van der Waals surface area contributed by atoms with Crippen LogP contribution >= 0.6 is 23.2 Å². The number of nitrogens with zero attached hydrogens (tertiary/aromatic N) is 3. The van der Waals surface area contributed by atoms with Gasteiger partial charge >= 0.3 is 0 Å². The first-order valence-electron chi connectivity index (χ1n) is 7.11. The van der Waals surface area contributed by atoms with E-state index in [9.17, 15) is 5.11 Å². The highest BCUT2D eigenvalue weighted by Crippen LogP contribution is 2.45. The van der Waals surface area contributed by atoms with Gasteiger partial charge in [0.25, 0.3) is 0 Å². The molecule has 1 aromatic carbocycles. The maximum Gasteiger partial charge on any atom is 0.220 e. The summed E-state index contributed by atoms with van der Waals surface area (Å²) in [5.41, 5.74) is 11.7. The summed E-state index contributed by atoms with van der Waals surface area (Å²) in [6, 6.07) is 3.09. The third-order valence-corrected chi connectivity index (χ3v) is 4.61. The van der Waals surface area contributed by atoms with Gasteiger partial charge in [0.2, 0.25) is 11.9 Å². The molecule has 0 radical (unpaired) electrons. The van der Waals surface area contributed by atoms with E-state index in [1.807, 2.05) is 0 Å². The normalized spacial score (nSPS) is 20.7. The number of guanidine groups is 2. The van der Waals surface area contributed by atoms with Gasteiger partial charge in [0.1, 0.15) is 5.66 Å². The van der Waals surface area contributed by atoms with Crippen molar-refractivity contribution in [2.24, 2.45) is 21.5 Å². The number of aliphatic imine (C=N–C) groups is 2. The van der Waals surface area contributed by atoms with Gasteiger partial charge in [-0.1, -0.05) is 29.6 Å². The summed E-state index contributed by atoms with van der Waals surface area (Å²) in [6.45, 7) is 0. The van der Waals surface area contributed by atoms with Crippen LogP contribution < -0.4 is 16.4 Å². The second kappa shape index (κ2) is 5.52. The highest BCUT2D eigenvalue weighted by Gasteiger charge is 2.43. The Kier molecular flexibility index (Phi) is 3.82. The summed E-state index contributed by atoms with van der Waals surface area (Å²) < 4.78 is 0. The Morgan fingerprint density at radius 3 is 2.50 bits per heavy atom. The standard InChI is InChI=1S/C14H17Cl2N5O/c15-8-6-9(16)11(22)10(7-8)21-13(18)19-12(17)20-14(21)4-2-1-3-5-14/h6-7,22H,1-5H2,(H4,17,18,19,20). The SMILES string of the molecule is NC1=NC2(CCCCC2)N(c2cc(Cl)cc(Cl)c2O)C(N)=N1. The molecule has 3 rings (SSSR count). The number of phenols is 1. The molecule has 8 heteroatoms. The van der Waals surface area contributed by atoms with E-state index >= 15 is 0 Å². The van der Waals surface area contributed by atoms with Gasteiger partial charge in [-0.05, 0) is 37.8 Å². The maximum atomic E-state index is 10.3. The predicted molar refractivity (Wildman–Crippen MR) is 89.7 cm³/mol. The first-order valence-corrected chi connectivity index (χ1v) is 7.86. The number of nitrogens with two attached hydrogens (primary N) is 2. The van der Waals surface area contributed by atoms with Crippen molar-refractivity contribution in [2.75, 3.05) is 4.90 Å². The molecule has 2 aliphatic rings. The minimum absolute atomic E-state index is 0.0927. The van der Waals surface area contributed by atoms with Crippen LogP contribution in [0.2, 0.25) is 10.0 Å². The summed E-state index contributed by atoms with van der Waals surface area (Å²) >= 11 is 12.1. The highest BCUT2D eigenvalue weighted by atomic mass is 35.5. The number of hydrogen-bond donors (Lipinski definition) is 3. The average molecular weight is 342 g/mol. The van der Waals surface area contributed by atoms with E-state index in [0.29, 0.717) is 10.7 Å². The van der Waals surface area contributed by atoms with Gasteiger partial charge in [0, 0.05) is 5.02 Å². The third-order valence-electron chi connectivity index (χ3n) is 4.10. The van der Waals surface area contributed by atoms with Crippen LogP contribution in [-0.2, 0) is 0 Å². The van der Waals surface area contributed by atoms with E-state index in [2.05, 4.69) is 9.98 Å². The Hall–Kier alpha value is -1.66. The molecule has 1 fully saturated rings. The Bertz CT molecular complexity index is 667. The van der Waals surface area contributed by atoms with Gasteiger partial charge < -0.3 is 16.6 Å². The largest absolute Gasteiger partial charge is 0.504 e. The quantitative estimate of drug-likeness (QED) is 0.730. The number of anilines is 1. The van der Waals surface area contributed by atoms with Gasteiger partial charge in [-0.25, -0.2) is 4.99 Å². The van der Waals surface area contributed by atoms with Crippen LogP contribution in [0, 0.1) is 0 Å². The van der Waals surface area contributed by atoms with E-state index in [1.54, 1.807) is 11.0 Å². The molecule has 0 amide bonds. The molecule has 1 aliphatic carbocycles. The van der Waals surface area contributed by atoms with Crippen LogP contribution in [0.25, 0.3) is 0 Å². The van der Waals surface area contributed by atoms with Gasteiger partial charge in [0.05, 0.1) is 10.7 Å². The van der Waals surface area contributed by atoms with E-state index < -0.39 is 5.66 Å². The molecular weight excluding hydrogens is 325 g/mol. The number of halogens is 2. The second-order valence-electron chi connectivity index (χ2n) is 5.57. The first-order chi connectivity index (χ1) is 10.4. The molecule has 22 heavy (non-hydrogen) atoms. The first kappa shape index (κ1) is 15.2. The molecule has 0 atom stereocenters. The molecule has 1 aromatic rings. The van der Waals surface area contributed by atoms with Crippen molar-refractivity contribution in [1.82, 2.24) is 0 Å². The smallest absolute Gasteiger partial charge is 0.220 e. The number of phenolic OH excluding ortho intramolecular Hbond substituents is 1. The zero-order valence-corrected chi connectivity index (χ0v) is 13.4. The van der Waals surface area contributed by atoms with Crippen molar-refractivity contribution in [3.05, 3.63) is 22.2 Å². The molecule has 0 unspecified atom stereocenters. The van der Waals surface area contributed by atoms with E-state index in [1.165, 1.54) is 6.07 Å². The van der Waals surface area contributed by atoms with Crippen LogP contribution in [0.4, 0.5) is 5.69 Å². The molecule has 0 saturated heterocycles. The second-order valence-corrected chi connectivity index (χ2v) is 6.42. The summed E-state index contributed by atoms with van der Waals surface area (Å²) in [6.07, 6.45) is 4.66. The molecule has 6 nitrogen and oxygen atoms in total. The lowest BCUT2D eigenvalue weighted by molar-refractivity contribution is 0.303. The molecule has 0 aromatic heterocycles. The predicted octanol–water partition coefficient (Wildman–Crippen LogP) is 2.81. The molecule has 1 aliphatic heterocycles. The van der Waals surface area contributed by atoms with E-state index in [-0.39, 0.29) is 22.7 Å². The van der Waals surface area contributed by atoms with Gasteiger partial charge in [0.15, 0.2) is 5.75 Å². The summed E-state index contributed by atoms with van der Waals surface area (Å²) in [7, 11) is 0. The fraction of sp³-hybridized carbons (Fsp3) is 0.429. The van der Waals surface area contributed by atoms with Crippen LogP contribution in [-0.4, -0.2) is 22.7 Å². The Morgan fingerprint density at radius 1 is 1.14 bits per heavy atom. The molecule has 1 heterocycles. The van der Waals surface area contributed by atoms with Crippen molar-refractivity contribution in [3.8, 4) is 5.75 Å². The summed E-state index contributed by atoms with van der Waals surface area (Å²) in [4.78, 5) is 10.3. The van der Waals surface area contributed by atoms with Crippen molar-refractivity contribution < 1.29 is 5.11 Å². The molecule has 1 spiro atoms. The Labute approximate surface area is 138 Å². The highest BCUT2D eigenvalue weighted by molar-refractivity contribution is 6.36. The zero-order chi connectivity index (χ0) is 15.9. The topological polar surface area (TPSA) is 100 Å². The number of benzene rings is 1. The van der Waals surface area contributed by atoms with Gasteiger partial charge in [-0.15, -0.1) is 0 Å².